The molecule has 0 atom stereocenters. The number of carbonyl (C=O) groups excluding carboxylic acids is 1. The van der Waals surface area contributed by atoms with Gasteiger partial charge in [0.25, 0.3) is 5.91 Å². The molecule has 4 rings (SSSR count). The summed E-state index contributed by atoms with van der Waals surface area (Å²) in [6, 6.07) is 9.56. The summed E-state index contributed by atoms with van der Waals surface area (Å²) in [5.41, 5.74) is 1.75. The third-order valence-corrected chi connectivity index (χ3v) is 4.23. The Morgan fingerprint density at radius 2 is 1.78 bits per heavy atom. The van der Waals surface area contributed by atoms with E-state index in [2.05, 4.69) is 19.9 Å². The molecule has 1 saturated heterocycles. The smallest absolute Gasteiger partial charge is 0.254 e. The molecular formula is C17H17N5O. The van der Waals surface area contributed by atoms with E-state index in [-0.39, 0.29) is 5.91 Å². The normalized spacial score (nSPS) is 15.1. The molecule has 1 aliphatic rings. The Balaban J connectivity index is 1.50. The van der Waals surface area contributed by atoms with E-state index in [4.69, 9.17) is 0 Å². The average molecular weight is 307 g/mol. The van der Waals surface area contributed by atoms with Gasteiger partial charge in [-0.2, -0.15) is 0 Å². The highest BCUT2D eigenvalue weighted by atomic mass is 16.2. The van der Waals surface area contributed by atoms with Crippen LogP contribution in [-0.2, 0) is 0 Å². The van der Waals surface area contributed by atoms with Crippen molar-refractivity contribution in [3.8, 4) is 0 Å². The first kappa shape index (κ1) is 13.8. The van der Waals surface area contributed by atoms with Crippen LogP contribution in [0.15, 0.2) is 48.9 Å². The van der Waals surface area contributed by atoms with Crippen LogP contribution >= 0.6 is 0 Å². The van der Waals surface area contributed by atoms with Crippen molar-refractivity contribution in [3.63, 3.8) is 0 Å². The monoisotopic (exact) mass is 307 g/mol. The van der Waals surface area contributed by atoms with Gasteiger partial charge in [0.15, 0.2) is 0 Å². The Hall–Kier alpha value is -2.89. The minimum absolute atomic E-state index is 0.0869. The molecule has 1 N–H and O–H groups in total. The van der Waals surface area contributed by atoms with Crippen molar-refractivity contribution >= 4 is 22.8 Å². The van der Waals surface area contributed by atoms with Gasteiger partial charge in [0.2, 0.25) is 5.95 Å². The number of piperazine rings is 1. The van der Waals surface area contributed by atoms with E-state index in [0.29, 0.717) is 13.1 Å². The van der Waals surface area contributed by atoms with Gasteiger partial charge in [0.1, 0.15) is 0 Å². The minimum Gasteiger partial charge on any atom is -0.361 e. The Kier molecular flexibility index (Phi) is 3.42. The number of hydrogen-bond donors (Lipinski definition) is 1. The number of rotatable bonds is 2. The van der Waals surface area contributed by atoms with E-state index in [1.807, 2.05) is 35.4 Å². The van der Waals surface area contributed by atoms with Gasteiger partial charge in [0, 0.05) is 61.2 Å². The fourth-order valence-electron chi connectivity index (χ4n) is 3.01. The van der Waals surface area contributed by atoms with E-state index in [1.165, 1.54) is 0 Å². The lowest BCUT2D eigenvalue weighted by molar-refractivity contribution is 0.0748. The van der Waals surface area contributed by atoms with Crippen LogP contribution in [0.4, 0.5) is 5.95 Å². The lowest BCUT2D eigenvalue weighted by Crippen LogP contribution is -2.49. The van der Waals surface area contributed by atoms with Crippen molar-refractivity contribution < 1.29 is 4.79 Å². The molecule has 0 unspecified atom stereocenters. The van der Waals surface area contributed by atoms with Crippen LogP contribution in [0.5, 0.6) is 0 Å². The van der Waals surface area contributed by atoms with Crippen LogP contribution in [0.25, 0.3) is 10.9 Å². The SMILES string of the molecule is O=C(c1cccc2[nH]ccc12)N1CCN(c2ncccn2)CC1. The number of amides is 1. The zero-order valence-electron chi connectivity index (χ0n) is 12.6. The van der Waals surface area contributed by atoms with Crippen molar-refractivity contribution in [2.45, 2.75) is 0 Å². The number of fused-ring (bicyclic) bond motifs is 1. The van der Waals surface area contributed by atoms with Crippen LogP contribution in [-0.4, -0.2) is 51.9 Å². The summed E-state index contributed by atoms with van der Waals surface area (Å²) in [5, 5.41) is 0.978. The third kappa shape index (κ3) is 2.52. The van der Waals surface area contributed by atoms with Gasteiger partial charge in [-0.15, -0.1) is 0 Å². The van der Waals surface area contributed by atoms with Crippen molar-refractivity contribution in [3.05, 3.63) is 54.5 Å². The number of aromatic nitrogens is 3. The first-order valence-electron chi connectivity index (χ1n) is 7.70. The minimum atomic E-state index is 0.0869. The number of carbonyl (C=O) groups is 1. The highest BCUT2D eigenvalue weighted by molar-refractivity contribution is 6.06. The molecule has 6 heteroatoms. The van der Waals surface area contributed by atoms with Gasteiger partial charge in [0.05, 0.1) is 0 Å². The van der Waals surface area contributed by atoms with E-state index in [1.54, 1.807) is 18.5 Å². The molecule has 3 aromatic rings. The van der Waals surface area contributed by atoms with Crippen LogP contribution in [0.2, 0.25) is 0 Å². The molecule has 0 aliphatic carbocycles. The predicted octanol–water partition coefficient (Wildman–Crippen LogP) is 1.92. The first-order valence-corrected chi connectivity index (χ1v) is 7.70. The van der Waals surface area contributed by atoms with Gasteiger partial charge in [-0.1, -0.05) is 6.07 Å². The standard InChI is InChI=1S/C17H17N5O/c23-16(14-3-1-4-15-13(14)5-8-18-15)21-9-11-22(12-10-21)17-19-6-2-7-20-17/h1-8,18H,9-12H2. The number of H-pyrrole nitrogens is 1. The van der Waals surface area contributed by atoms with E-state index in [9.17, 15) is 4.79 Å². The molecule has 1 aromatic carbocycles. The molecule has 23 heavy (non-hydrogen) atoms. The highest BCUT2D eigenvalue weighted by Crippen LogP contribution is 2.20. The number of nitrogens with one attached hydrogen (secondary N) is 1. The second-order valence-electron chi connectivity index (χ2n) is 5.57. The van der Waals surface area contributed by atoms with E-state index >= 15 is 0 Å². The summed E-state index contributed by atoms with van der Waals surface area (Å²) < 4.78 is 0. The molecule has 0 spiro atoms. The molecule has 1 fully saturated rings. The molecule has 116 valence electrons. The Morgan fingerprint density at radius 3 is 2.57 bits per heavy atom. The summed E-state index contributed by atoms with van der Waals surface area (Å²) in [6.07, 6.45) is 5.35. The van der Waals surface area contributed by atoms with Gasteiger partial charge in [-0.3, -0.25) is 4.79 Å². The van der Waals surface area contributed by atoms with Gasteiger partial charge >= 0.3 is 0 Å². The van der Waals surface area contributed by atoms with Gasteiger partial charge < -0.3 is 14.8 Å². The van der Waals surface area contributed by atoms with Crippen molar-refractivity contribution in [1.29, 1.82) is 0 Å². The van der Waals surface area contributed by atoms with Crippen LogP contribution in [0, 0.1) is 0 Å². The number of aromatic amines is 1. The van der Waals surface area contributed by atoms with Gasteiger partial charge in [-0.25, -0.2) is 9.97 Å². The Labute approximate surface area is 133 Å². The van der Waals surface area contributed by atoms with E-state index in [0.717, 1.165) is 35.5 Å². The molecule has 6 nitrogen and oxygen atoms in total. The molecular weight excluding hydrogens is 290 g/mol. The second-order valence-corrected chi connectivity index (χ2v) is 5.57. The third-order valence-electron chi connectivity index (χ3n) is 4.23. The maximum absolute atomic E-state index is 12.8. The molecule has 1 aliphatic heterocycles. The van der Waals surface area contributed by atoms with Crippen LogP contribution in [0.1, 0.15) is 10.4 Å². The predicted molar refractivity (Wildman–Crippen MR) is 88.4 cm³/mol. The number of anilines is 1. The number of benzene rings is 1. The zero-order valence-corrected chi connectivity index (χ0v) is 12.6. The van der Waals surface area contributed by atoms with Crippen molar-refractivity contribution in [2.24, 2.45) is 0 Å². The van der Waals surface area contributed by atoms with Crippen molar-refractivity contribution in [2.75, 3.05) is 31.1 Å². The lowest BCUT2D eigenvalue weighted by atomic mass is 10.1. The fourth-order valence-corrected chi connectivity index (χ4v) is 3.01. The topological polar surface area (TPSA) is 65.1 Å². The summed E-state index contributed by atoms with van der Waals surface area (Å²) in [7, 11) is 0. The molecule has 0 radical (unpaired) electrons. The molecule has 0 bridgehead atoms. The Bertz CT molecular complexity index is 821. The second kappa shape index (κ2) is 5.72. The molecule has 1 amide bonds. The van der Waals surface area contributed by atoms with Crippen molar-refractivity contribution in [1.82, 2.24) is 19.9 Å². The maximum atomic E-state index is 12.8. The summed E-state index contributed by atoms with van der Waals surface area (Å²) in [6.45, 7) is 2.85. The lowest BCUT2D eigenvalue weighted by Gasteiger charge is -2.34. The maximum Gasteiger partial charge on any atom is 0.254 e. The molecule has 3 heterocycles. The van der Waals surface area contributed by atoms with Gasteiger partial charge in [-0.05, 0) is 24.3 Å². The summed E-state index contributed by atoms with van der Waals surface area (Å²) in [4.78, 5) is 28.5. The van der Waals surface area contributed by atoms with Crippen LogP contribution < -0.4 is 4.90 Å². The zero-order chi connectivity index (χ0) is 15.6. The highest BCUT2D eigenvalue weighted by Gasteiger charge is 2.24. The largest absolute Gasteiger partial charge is 0.361 e. The van der Waals surface area contributed by atoms with E-state index < -0.39 is 0 Å². The average Bonchev–Trinajstić information content (AvgIpc) is 3.11. The first-order chi connectivity index (χ1) is 11.3. The molecule has 0 saturated carbocycles. The number of hydrogen-bond acceptors (Lipinski definition) is 4. The number of nitrogens with zero attached hydrogens (tertiary/aromatic N) is 4. The quantitative estimate of drug-likeness (QED) is 0.785. The molecule has 2 aromatic heterocycles. The summed E-state index contributed by atoms with van der Waals surface area (Å²) in [5.74, 6) is 0.816. The summed E-state index contributed by atoms with van der Waals surface area (Å²) >= 11 is 0. The van der Waals surface area contributed by atoms with Crippen LogP contribution in [0.3, 0.4) is 0 Å². The fraction of sp³-hybridized carbons (Fsp3) is 0.235. The Morgan fingerprint density at radius 1 is 1.00 bits per heavy atom.